The molecule has 2 aromatic carbocycles. The highest BCUT2D eigenvalue weighted by Gasteiger charge is 2.50. The maximum atomic E-state index is 13.3. The number of carbonyl (C=O) groups excluding carboxylic acids is 2. The fourth-order valence-electron chi connectivity index (χ4n) is 3.53. The van der Waals surface area contributed by atoms with Crippen molar-refractivity contribution in [1.82, 2.24) is 9.62 Å². The lowest BCUT2D eigenvalue weighted by molar-refractivity contribution is -0.133. The normalized spacial score (nSPS) is 19.9. The van der Waals surface area contributed by atoms with Crippen molar-refractivity contribution in [2.45, 2.75) is 19.0 Å². The van der Waals surface area contributed by atoms with Gasteiger partial charge in [-0.15, -0.1) is 0 Å². The Morgan fingerprint density at radius 1 is 1.23 bits per heavy atom. The number of anilines is 1. The number of ether oxygens (including phenoxy) is 1. The van der Waals surface area contributed by atoms with Crippen molar-refractivity contribution in [2.24, 2.45) is 0 Å². The Bertz CT molecular complexity index is 1090. The first-order chi connectivity index (χ1) is 14.5. The van der Waals surface area contributed by atoms with Crippen LogP contribution in [0.2, 0.25) is 0 Å². The minimum absolute atomic E-state index is 0.0910. The first-order valence-corrected chi connectivity index (χ1v) is 11.3. The van der Waals surface area contributed by atoms with Crippen LogP contribution in [0.3, 0.4) is 0 Å². The number of hydrogen-bond acceptors (Lipinski definition) is 5. The number of methoxy groups -OCH3 is 1. The van der Waals surface area contributed by atoms with Gasteiger partial charge in [-0.05, 0) is 36.8 Å². The summed E-state index contributed by atoms with van der Waals surface area (Å²) in [5.74, 6) is -0.983. The number of piperazine rings is 1. The molecule has 1 aliphatic rings. The molecule has 0 unspecified atom stereocenters. The van der Waals surface area contributed by atoms with Gasteiger partial charge in [0.05, 0.1) is 19.9 Å². The Balaban J connectivity index is 1.96. The van der Waals surface area contributed by atoms with Crippen molar-refractivity contribution < 1.29 is 27.1 Å². The molecule has 166 valence electrons. The molecule has 0 bridgehead atoms. The molecule has 0 aliphatic carbocycles. The molecule has 1 aliphatic heterocycles. The van der Waals surface area contributed by atoms with Crippen LogP contribution in [0.4, 0.5) is 10.1 Å². The third-order valence-corrected chi connectivity index (χ3v) is 6.37. The molecule has 1 heterocycles. The first kappa shape index (κ1) is 22.7. The molecular weight excluding hydrogens is 425 g/mol. The predicted molar refractivity (Wildman–Crippen MR) is 114 cm³/mol. The van der Waals surface area contributed by atoms with Crippen LogP contribution in [0.1, 0.15) is 12.5 Å². The molecule has 3 rings (SSSR count). The van der Waals surface area contributed by atoms with Gasteiger partial charge in [-0.25, -0.2) is 12.8 Å². The van der Waals surface area contributed by atoms with Crippen LogP contribution >= 0.6 is 0 Å². The SMILES string of the molecule is COc1cccc(N2C(=O)CN(S(C)(=O)=O)C[C@@]2(C)C(=O)NCc2ccc(F)cc2)c1. The van der Waals surface area contributed by atoms with Crippen molar-refractivity contribution in [1.29, 1.82) is 0 Å². The molecule has 0 radical (unpaired) electrons. The van der Waals surface area contributed by atoms with E-state index in [9.17, 15) is 22.4 Å². The lowest BCUT2D eigenvalue weighted by Gasteiger charge is -2.46. The molecule has 1 saturated heterocycles. The average Bonchev–Trinajstić information content (AvgIpc) is 2.72. The van der Waals surface area contributed by atoms with E-state index in [-0.39, 0.29) is 19.6 Å². The van der Waals surface area contributed by atoms with Crippen LogP contribution in [-0.4, -0.2) is 56.5 Å². The summed E-state index contributed by atoms with van der Waals surface area (Å²) in [4.78, 5) is 27.6. The second-order valence-electron chi connectivity index (χ2n) is 7.54. The highest BCUT2D eigenvalue weighted by molar-refractivity contribution is 7.88. The number of nitrogens with one attached hydrogen (secondary N) is 1. The second kappa shape index (κ2) is 8.64. The molecule has 0 spiro atoms. The monoisotopic (exact) mass is 449 g/mol. The third kappa shape index (κ3) is 4.86. The third-order valence-electron chi connectivity index (χ3n) is 5.17. The van der Waals surface area contributed by atoms with Gasteiger partial charge >= 0.3 is 0 Å². The number of carbonyl (C=O) groups is 2. The van der Waals surface area contributed by atoms with E-state index in [2.05, 4.69) is 5.32 Å². The molecule has 1 N–H and O–H groups in total. The molecule has 31 heavy (non-hydrogen) atoms. The Morgan fingerprint density at radius 3 is 2.52 bits per heavy atom. The van der Waals surface area contributed by atoms with E-state index in [4.69, 9.17) is 4.74 Å². The summed E-state index contributed by atoms with van der Waals surface area (Å²) in [6.45, 7) is 1.01. The predicted octanol–water partition coefficient (Wildman–Crippen LogP) is 1.52. The van der Waals surface area contributed by atoms with Crippen LogP contribution in [0.25, 0.3) is 0 Å². The van der Waals surface area contributed by atoms with Gasteiger partial charge in [0.2, 0.25) is 21.8 Å². The zero-order valence-electron chi connectivity index (χ0n) is 17.5. The fraction of sp³-hybridized carbons (Fsp3) is 0.333. The van der Waals surface area contributed by atoms with E-state index in [0.29, 0.717) is 17.0 Å². The van der Waals surface area contributed by atoms with Crippen molar-refractivity contribution in [3.63, 3.8) is 0 Å². The highest BCUT2D eigenvalue weighted by Crippen LogP contribution is 2.32. The van der Waals surface area contributed by atoms with Crippen LogP contribution in [-0.2, 0) is 26.2 Å². The second-order valence-corrected chi connectivity index (χ2v) is 9.53. The van der Waals surface area contributed by atoms with Gasteiger partial charge in [0.15, 0.2) is 0 Å². The summed E-state index contributed by atoms with van der Waals surface area (Å²) in [6.07, 6.45) is 0.998. The Hall–Kier alpha value is -2.98. The summed E-state index contributed by atoms with van der Waals surface area (Å²) in [5.41, 5.74) is -0.449. The Kier molecular flexibility index (Phi) is 6.33. The lowest BCUT2D eigenvalue weighted by Crippen LogP contribution is -2.70. The van der Waals surface area contributed by atoms with Crippen molar-refractivity contribution in [3.8, 4) is 5.75 Å². The van der Waals surface area contributed by atoms with E-state index < -0.39 is 33.2 Å². The number of nitrogens with zero attached hydrogens (tertiary/aromatic N) is 2. The number of halogens is 1. The molecular formula is C21H24FN3O5S. The minimum atomic E-state index is -3.71. The van der Waals surface area contributed by atoms with Crippen molar-refractivity contribution in [2.75, 3.05) is 31.4 Å². The maximum absolute atomic E-state index is 13.3. The molecule has 2 aromatic rings. The van der Waals surface area contributed by atoms with E-state index in [1.54, 1.807) is 24.3 Å². The van der Waals surface area contributed by atoms with Crippen LogP contribution in [0, 0.1) is 5.82 Å². The van der Waals surface area contributed by atoms with Crippen LogP contribution in [0.5, 0.6) is 5.75 Å². The smallest absolute Gasteiger partial charge is 0.247 e. The molecule has 2 amide bonds. The zero-order valence-corrected chi connectivity index (χ0v) is 18.3. The van der Waals surface area contributed by atoms with Gasteiger partial charge < -0.3 is 10.1 Å². The maximum Gasteiger partial charge on any atom is 0.247 e. The first-order valence-electron chi connectivity index (χ1n) is 9.49. The van der Waals surface area contributed by atoms with Crippen LogP contribution in [0.15, 0.2) is 48.5 Å². The molecule has 0 aromatic heterocycles. The standard InChI is InChI=1S/C21H24FN3O5S/c1-21(20(27)23-12-15-7-9-16(22)10-8-15)14-24(31(3,28)29)13-19(26)25(21)17-5-4-6-18(11-17)30-2/h4-11H,12-14H2,1-3H3,(H,23,27)/t21-/m0/s1. The summed E-state index contributed by atoms with van der Waals surface area (Å²) >= 11 is 0. The highest BCUT2D eigenvalue weighted by atomic mass is 32.2. The molecule has 10 heteroatoms. The summed E-state index contributed by atoms with van der Waals surface area (Å²) in [7, 11) is -2.23. The van der Waals surface area contributed by atoms with Gasteiger partial charge in [0, 0.05) is 24.8 Å². The molecule has 0 saturated carbocycles. The van der Waals surface area contributed by atoms with Gasteiger partial charge in [0.1, 0.15) is 17.1 Å². The largest absolute Gasteiger partial charge is 0.497 e. The molecule has 1 fully saturated rings. The number of hydrogen-bond donors (Lipinski definition) is 1. The summed E-state index contributed by atoms with van der Waals surface area (Å²) in [6, 6.07) is 12.3. The average molecular weight is 450 g/mol. The van der Waals surface area contributed by atoms with Gasteiger partial charge in [-0.1, -0.05) is 18.2 Å². The topological polar surface area (TPSA) is 96.0 Å². The summed E-state index contributed by atoms with van der Waals surface area (Å²) < 4.78 is 43.7. The van der Waals surface area contributed by atoms with Gasteiger partial charge in [0.25, 0.3) is 0 Å². The number of benzene rings is 2. The number of sulfonamides is 1. The number of rotatable bonds is 6. The van der Waals surface area contributed by atoms with E-state index in [0.717, 1.165) is 10.6 Å². The summed E-state index contributed by atoms with van der Waals surface area (Å²) in [5, 5.41) is 2.74. The van der Waals surface area contributed by atoms with Crippen molar-refractivity contribution in [3.05, 3.63) is 59.9 Å². The molecule has 8 nitrogen and oxygen atoms in total. The van der Waals surface area contributed by atoms with Crippen molar-refractivity contribution >= 4 is 27.5 Å². The fourth-order valence-corrected chi connectivity index (χ4v) is 4.36. The lowest BCUT2D eigenvalue weighted by atomic mass is 9.94. The van der Waals surface area contributed by atoms with Crippen LogP contribution < -0.4 is 15.0 Å². The quantitative estimate of drug-likeness (QED) is 0.721. The zero-order chi connectivity index (χ0) is 22.8. The van der Waals surface area contributed by atoms with Gasteiger partial charge in [-0.2, -0.15) is 4.31 Å². The molecule has 1 atom stereocenters. The Morgan fingerprint density at radius 2 is 1.90 bits per heavy atom. The van der Waals surface area contributed by atoms with E-state index in [1.807, 2.05) is 0 Å². The number of amides is 2. The minimum Gasteiger partial charge on any atom is -0.497 e. The van der Waals surface area contributed by atoms with E-state index in [1.165, 1.54) is 43.2 Å². The van der Waals surface area contributed by atoms with E-state index >= 15 is 0 Å². The van der Waals surface area contributed by atoms with Gasteiger partial charge in [-0.3, -0.25) is 14.5 Å². The Labute approximate surface area is 180 Å².